The molecule has 0 aliphatic rings. The van der Waals surface area contributed by atoms with Gasteiger partial charge in [0.2, 0.25) is 5.88 Å². The number of aromatic nitrogens is 1. The van der Waals surface area contributed by atoms with Crippen molar-refractivity contribution in [1.82, 2.24) is 4.98 Å². The van der Waals surface area contributed by atoms with E-state index in [0.717, 1.165) is 4.47 Å². The second kappa shape index (κ2) is 5.66. The summed E-state index contributed by atoms with van der Waals surface area (Å²) in [6.45, 7) is 1.64. The summed E-state index contributed by atoms with van der Waals surface area (Å²) >= 11 is 6.63. The average Bonchev–Trinajstić information content (AvgIpc) is 2.37. The number of nitro groups is 1. The Balaban J connectivity index is 2.40. The fraction of sp³-hybridized carbons (Fsp3) is 0.0833. The van der Waals surface area contributed by atoms with Crippen LogP contribution in [0.2, 0.25) is 0 Å². The summed E-state index contributed by atoms with van der Waals surface area (Å²) in [5.74, 6) is 0.874. The Labute approximate surface area is 126 Å². The van der Waals surface area contributed by atoms with Gasteiger partial charge in [0, 0.05) is 5.56 Å². The van der Waals surface area contributed by atoms with Crippen LogP contribution in [0.5, 0.6) is 11.6 Å². The average molecular weight is 388 g/mol. The molecule has 19 heavy (non-hydrogen) atoms. The highest BCUT2D eigenvalue weighted by molar-refractivity contribution is 9.11. The van der Waals surface area contributed by atoms with Crippen molar-refractivity contribution in [2.45, 2.75) is 6.92 Å². The second-order valence-corrected chi connectivity index (χ2v) is 5.32. The number of nitrogens with zero attached hydrogens (tertiary/aromatic N) is 2. The summed E-state index contributed by atoms with van der Waals surface area (Å²) in [5, 5.41) is 10.8. The maximum atomic E-state index is 10.8. The fourth-order valence-electron chi connectivity index (χ4n) is 1.43. The molecule has 1 aromatic heterocycles. The molecule has 0 fully saturated rings. The summed E-state index contributed by atoms with van der Waals surface area (Å²) in [5.41, 5.74) is 0.424. The molecule has 5 nitrogen and oxygen atoms in total. The van der Waals surface area contributed by atoms with Gasteiger partial charge < -0.3 is 4.74 Å². The number of para-hydroxylation sites is 1. The number of hydrogen-bond acceptors (Lipinski definition) is 4. The molecule has 0 bridgehead atoms. The molecule has 0 unspecified atom stereocenters. The van der Waals surface area contributed by atoms with Gasteiger partial charge in [-0.1, -0.05) is 12.1 Å². The van der Waals surface area contributed by atoms with E-state index in [9.17, 15) is 10.1 Å². The quantitative estimate of drug-likeness (QED) is 0.569. The van der Waals surface area contributed by atoms with Gasteiger partial charge in [-0.25, -0.2) is 4.98 Å². The Morgan fingerprint density at radius 3 is 2.63 bits per heavy atom. The SMILES string of the molecule is Cc1c([N+](=O)[O-])cnc(Oc2ccccc2Br)c1Br. The Morgan fingerprint density at radius 2 is 2.00 bits per heavy atom. The lowest BCUT2D eigenvalue weighted by molar-refractivity contribution is -0.385. The van der Waals surface area contributed by atoms with Crippen molar-refractivity contribution in [3.8, 4) is 11.6 Å². The summed E-state index contributed by atoms with van der Waals surface area (Å²) in [6.07, 6.45) is 1.19. The summed E-state index contributed by atoms with van der Waals surface area (Å²) in [7, 11) is 0. The Kier molecular flexibility index (Phi) is 4.16. The van der Waals surface area contributed by atoms with Gasteiger partial charge in [0.1, 0.15) is 11.9 Å². The van der Waals surface area contributed by atoms with Crippen molar-refractivity contribution in [1.29, 1.82) is 0 Å². The molecule has 0 N–H and O–H groups in total. The molecule has 1 aromatic carbocycles. The van der Waals surface area contributed by atoms with Crippen LogP contribution in [0.4, 0.5) is 5.69 Å². The van der Waals surface area contributed by atoms with Crippen molar-refractivity contribution < 1.29 is 9.66 Å². The second-order valence-electron chi connectivity index (χ2n) is 3.68. The number of benzene rings is 1. The first-order valence-electron chi connectivity index (χ1n) is 5.22. The normalized spacial score (nSPS) is 10.3. The van der Waals surface area contributed by atoms with E-state index in [4.69, 9.17) is 4.74 Å². The summed E-state index contributed by atoms with van der Waals surface area (Å²) < 4.78 is 6.88. The third-order valence-electron chi connectivity index (χ3n) is 2.45. The summed E-state index contributed by atoms with van der Waals surface area (Å²) in [4.78, 5) is 14.3. The van der Waals surface area contributed by atoms with Crippen molar-refractivity contribution in [2.24, 2.45) is 0 Å². The molecule has 0 aliphatic heterocycles. The molecule has 0 spiro atoms. The van der Waals surface area contributed by atoms with Crippen LogP contribution in [0.3, 0.4) is 0 Å². The van der Waals surface area contributed by atoms with E-state index in [2.05, 4.69) is 36.8 Å². The number of rotatable bonds is 3. The maximum Gasteiger partial charge on any atom is 0.291 e. The smallest absolute Gasteiger partial charge is 0.291 e. The molecule has 0 atom stereocenters. The standard InChI is InChI=1S/C12H8Br2N2O3/c1-7-9(16(17)18)6-15-12(11(7)14)19-10-5-3-2-4-8(10)13/h2-6H,1H3. The van der Waals surface area contributed by atoms with Gasteiger partial charge in [-0.05, 0) is 50.9 Å². The number of hydrogen-bond donors (Lipinski definition) is 0. The van der Waals surface area contributed by atoms with Crippen LogP contribution >= 0.6 is 31.9 Å². The van der Waals surface area contributed by atoms with Gasteiger partial charge in [-0.3, -0.25) is 10.1 Å². The molecule has 2 rings (SSSR count). The fourth-order valence-corrected chi connectivity index (χ4v) is 2.19. The molecule has 1 heterocycles. The highest BCUT2D eigenvalue weighted by Gasteiger charge is 2.18. The van der Waals surface area contributed by atoms with Gasteiger partial charge >= 0.3 is 0 Å². The van der Waals surface area contributed by atoms with E-state index >= 15 is 0 Å². The molecule has 0 aliphatic carbocycles. The molecule has 2 aromatic rings. The van der Waals surface area contributed by atoms with Gasteiger partial charge in [-0.2, -0.15) is 0 Å². The number of ether oxygens (including phenoxy) is 1. The minimum atomic E-state index is -0.477. The number of halogens is 2. The van der Waals surface area contributed by atoms with E-state index in [-0.39, 0.29) is 11.6 Å². The number of pyridine rings is 1. The van der Waals surface area contributed by atoms with Crippen LogP contribution in [-0.4, -0.2) is 9.91 Å². The maximum absolute atomic E-state index is 10.8. The zero-order valence-corrected chi connectivity index (χ0v) is 12.9. The first-order valence-corrected chi connectivity index (χ1v) is 6.81. The third-order valence-corrected chi connectivity index (χ3v) is 4.03. The van der Waals surface area contributed by atoms with E-state index in [1.807, 2.05) is 18.2 Å². The highest BCUT2D eigenvalue weighted by Crippen LogP contribution is 2.36. The zero-order valence-electron chi connectivity index (χ0n) is 9.76. The Morgan fingerprint density at radius 1 is 1.32 bits per heavy atom. The van der Waals surface area contributed by atoms with Gasteiger partial charge in [0.25, 0.3) is 5.69 Å². The first-order chi connectivity index (χ1) is 9.00. The lowest BCUT2D eigenvalue weighted by atomic mass is 10.2. The largest absolute Gasteiger partial charge is 0.437 e. The minimum absolute atomic E-state index is 0.0497. The molecule has 0 radical (unpaired) electrons. The Bertz CT molecular complexity index is 647. The minimum Gasteiger partial charge on any atom is -0.437 e. The predicted octanol–water partition coefficient (Wildman–Crippen LogP) is 4.62. The summed E-state index contributed by atoms with van der Waals surface area (Å²) in [6, 6.07) is 7.29. The Hall–Kier alpha value is -1.47. The van der Waals surface area contributed by atoms with E-state index in [1.54, 1.807) is 13.0 Å². The van der Waals surface area contributed by atoms with Crippen LogP contribution in [0.1, 0.15) is 5.56 Å². The van der Waals surface area contributed by atoms with Crippen molar-refractivity contribution in [2.75, 3.05) is 0 Å². The molecular formula is C12H8Br2N2O3. The molecule has 0 saturated carbocycles. The van der Waals surface area contributed by atoms with E-state index in [1.165, 1.54) is 6.20 Å². The van der Waals surface area contributed by atoms with Crippen molar-refractivity contribution >= 4 is 37.5 Å². The molecule has 0 saturated heterocycles. The highest BCUT2D eigenvalue weighted by atomic mass is 79.9. The zero-order chi connectivity index (χ0) is 14.0. The topological polar surface area (TPSA) is 65.3 Å². The molecule has 98 valence electrons. The van der Waals surface area contributed by atoms with Gasteiger partial charge in [0.05, 0.1) is 13.9 Å². The van der Waals surface area contributed by atoms with Gasteiger partial charge in [0.15, 0.2) is 0 Å². The monoisotopic (exact) mass is 386 g/mol. The van der Waals surface area contributed by atoms with Crippen LogP contribution in [-0.2, 0) is 0 Å². The lowest BCUT2D eigenvalue weighted by Crippen LogP contribution is -1.97. The molecular weight excluding hydrogens is 380 g/mol. The van der Waals surface area contributed by atoms with Crippen LogP contribution < -0.4 is 4.74 Å². The van der Waals surface area contributed by atoms with Crippen LogP contribution in [0.25, 0.3) is 0 Å². The molecule has 0 amide bonds. The molecule has 7 heteroatoms. The van der Waals surface area contributed by atoms with Crippen LogP contribution in [0, 0.1) is 17.0 Å². The van der Waals surface area contributed by atoms with Gasteiger partial charge in [-0.15, -0.1) is 0 Å². The third kappa shape index (κ3) is 2.93. The van der Waals surface area contributed by atoms with Crippen molar-refractivity contribution in [3.63, 3.8) is 0 Å². The van der Waals surface area contributed by atoms with E-state index < -0.39 is 4.92 Å². The lowest BCUT2D eigenvalue weighted by Gasteiger charge is -2.09. The van der Waals surface area contributed by atoms with E-state index in [0.29, 0.717) is 15.8 Å². The first kappa shape index (κ1) is 14.0. The van der Waals surface area contributed by atoms with Crippen molar-refractivity contribution in [3.05, 3.63) is 55.1 Å². The van der Waals surface area contributed by atoms with Crippen LogP contribution in [0.15, 0.2) is 39.4 Å². The predicted molar refractivity (Wildman–Crippen MR) is 77.5 cm³/mol.